The number of sulfonamides is 1. The van der Waals surface area contributed by atoms with Gasteiger partial charge in [-0.3, -0.25) is 4.68 Å². The van der Waals surface area contributed by atoms with Gasteiger partial charge in [0.05, 0.1) is 35.3 Å². The van der Waals surface area contributed by atoms with Crippen LogP contribution in [0.4, 0.5) is 0 Å². The fourth-order valence-electron chi connectivity index (χ4n) is 3.58. The van der Waals surface area contributed by atoms with Gasteiger partial charge in [-0.05, 0) is 54.8 Å². The predicted molar refractivity (Wildman–Crippen MR) is 111 cm³/mol. The molecule has 3 aromatic rings. The van der Waals surface area contributed by atoms with Crippen LogP contribution in [0.1, 0.15) is 34.8 Å². The Labute approximate surface area is 174 Å². The molecule has 1 aliphatic heterocycles. The molecular formula is C21H23N3O5S. The van der Waals surface area contributed by atoms with Crippen molar-refractivity contribution in [3.63, 3.8) is 0 Å². The minimum Gasteiger partial charge on any atom is -0.465 e. The van der Waals surface area contributed by atoms with Crippen molar-refractivity contribution in [1.82, 2.24) is 14.5 Å². The zero-order valence-electron chi connectivity index (χ0n) is 16.6. The summed E-state index contributed by atoms with van der Waals surface area (Å²) in [5.74, 6) is -0.512. The van der Waals surface area contributed by atoms with Crippen molar-refractivity contribution in [3.8, 4) is 0 Å². The average Bonchev–Trinajstić information content (AvgIpc) is 3.21. The highest BCUT2D eigenvalue weighted by Gasteiger charge is 2.19. The summed E-state index contributed by atoms with van der Waals surface area (Å²) < 4.78 is 39.8. The zero-order chi connectivity index (χ0) is 21.1. The number of nitrogens with one attached hydrogen (secondary N) is 1. The van der Waals surface area contributed by atoms with Crippen LogP contribution in [0.2, 0.25) is 0 Å². The van der Waals surface area contributed by atoms with Gasteiger partial charge in [0.2, 0.25) is 10.0 Å². The van der Waals surface area contributed by atoms with Crippen LogP contribution in [-0.2, 0) is 26.0 Å². The quantitative estimate of drug-likeness (QED) is 0.605. The number of carbonyl (C=O) groups excluding carboxylic acids is 1. The second kappa shape index (κ2) is 8.55. The third kappa shape index (κ3) is 4.23. The van der Waals surface area contributed by atoms with Gasteiger partial charge in [-0.15, -0.1) is 0 Å². The predicted octanol–water partition coefficient (Wildman–Crippen LogP) is 2.65. The van der Waals surface area contributed by atoms with Gasteiger partial charge >= 0.3 is 5.97 Å². The number of hydrogen-bond donors (Lipinski definition) is 1. The minimum absolute atomic E-state index is 0.0866. The molecule has 1 N–H and O–H groups in total. The summed E-state index contributed by atoms with van der Waals surface area (Å²) in [7, 11) is -2.43. The van der Waals surface area contributed by atoms with Crippen molar-refractivity contribution < 1.29 is 22.7 Å². The molecule has 158 valence electrons. The highest BCUT2D eigenvalue weighted by atomic mass is 32.2. The molecule has 0 spiro atoms. The van der Waals surface area contributed by atoms with E-state index < -0.39 is 16.0 Å². The van der Waals surface area contributed by atoms with Crippen molar-refractivity contribution in [2.45, 2.75) is 30.3 Å². The van der Waals surface area contributed by atoms with Crippen LogP contribution in [0.5, 0.6) is 0 Å². The molecule has 4 rings (SSSR count). The van der Waals surface area contributed by atoms with Crippen LogP contribution in [0.15, 0.2) is 53.6 Å². The van der Waals surface area contributed by atoms with E-state index in [4.69, 9.17) is 4.74 Å². The van der Waals surface area contributed by atoms with Crippen LogP contribution in [0, 0.1) is 0 Å². The highest BCUT2D eigenvalue weighted by molar-refractivity contribution is 7.89. The Bertz CT molecular complexity index is 1150. The number of methoxy groups -OCH3 is 1. The highest BCUT2D eigenvalue weighted by Crippen LogP contribution is 2.26. The van der Waals surface area contributed by atoms with E-state index in [-0.39, 0.29) is 11.4 Å². The second-order valence-corrected chi connectivity index (χ2v) is 8.93. The monoisotopic (exact) mass is 429 g/mol. The van der Waals surface area contributed by atoms with Crippen LogP contribution in [-0.4, -0.2) is 44.5 Å². The van der Waals surface area contributed by atoms with Gasteiger partial charge in [-0.25, -0.2) is 17.9 Å². The summed E-state index contributed by atoms with van der Waals surface area (Å²) in [6, 6.07) is 11.8. The molecule has 1 aliphatic rings. The van der Waals surface area contributed by atoms with E-state index in [1.807, 2.05) is 29.1 Å². The maximum absolute atomic E-state index is 12.6. The standard InChI is InChI=1S/C21H23N3O5S/c1-28-21(25)16-3-5-19(6-4-16)30(26,27)23-13-15-2-7-20-17(12-15)14-22-24(20)18-8-10-29-11-9-18/h2-7,12,14,18,23H,8-11,13H2,1H3. The molecule has 0 radical (unpaired) electrons. The number of ether oxygens (including phenoxy) is 2. The maximum Gasteiger partial charge on any atom is 0.337 e. The maximum atomic E-state index is 12.6. The van der Waals surface area contributed by atoms with E-state index in [9.17, 15) is 13.2 Å². The Morgan fingerprint density at radius 1 is 1.20 bits per heavy atom. The molecule has 0 aliphatic carbocycles. The fraction of sp³-hybridized carbons (Fsp3) is 0.333. The van der Waals surface area contributed by atoms with E-state index in [1.165, 1.54) is 31.4 Å². The van der Waals surface area contributed by atoms with Crippen LogP contribution < -0.4 is 4.72 Å². The van der Waals surface area contributed by atoms with Crippen LogP contribution in [0.3, 0.4) is 0 Å². The number of esters is 1. The summed E-state index contributed by atoms with van der Waals surface area (Å²) in [6.07, 6.45) is 3.69. The molecule has 2 heterocycles. The van der Waals surface area contributed by atoms with Gasteiger partial charge in [0, 0.05) is 25.1 Å². The summed E-state index contributed by atoms with van der Waals surface area (Å²) in [5.41, 5.74) is 2.17. The molecule has 30 heavy (non-hydrogen) atoms. The lowest BCUT2D eigenvalue weighted by Gasteiger charge is -2.23. The first kappa shape index (κ1) is 20.5. The molecular weight excluding hydrogens is 406 g/mol. The van der Waals surface area contributed by atoms with Crippen LogP contribution >= 0.6 is 0 Å². The summed E-state index contributed by atoms with van der Waals surface area (Å²) in [4.78, 5) is 11.6. The Hall–Kier alpha value is -2.75. The van der Waals surface area contributed by atoms with Gasteiger partial charge in [0.1, 0.15) is 0 Å². The first-order chi connectivity index (χ1) is 14.5. The molecule has 8 nitrogen and oxygen atoms in total. The molecule has 0 saturated carbocycles. The minimum atomic E-state index is -3.71. The number of nitrogens with zero attached hydrogens (tertiary/aromatic N) is 2. The van der Waals surface area contributed by atoms with Gasteiger partial charge in [0.15, 0.2) is 0 Å². The summed E-state index contributed by atoms with van der Waals surface area (Å²) in [6.45, 7) is 1.64. The van der Waals surface area contributed by atoms with Crippen molar-refractivity contribution in [3.05, 3.63) is 59.8 Å². The number of benzene rings is 2. The lowest BCUT2D eigenvalue weighted by Crippen LogP contribution is -2.23. The molecule has 1 aromatic heterocycles. The molecule has 1 fully saturated rings. The molecule has 9 heteroatoms. The van der Waals surface area contributed by atoms with Crippen molar-refractivity contribution in [2.75, 3.05) is 20.3 Å². The third-order valence-corrected chi connectivity index (χ3v) is 6.67. The molecule has 1 saturated heterocycles. The topological polar surface area (TPSA) is 99.5 Å². The first-order valence-corrected chi connectivity index (χ1v) is 11.2. The van der Waals surface area contributed by atoms with E-state index in [0.717, 1.165) is 42.5 Å². The van der Waals surface area contributed by atoms with Gasteiger partial charge in [0.25, 0.3) is 0 Å². The average molecular weight is 429 g/mol. The van der Waals surface area contributed by atoms with E-state index in [0.29, 0.717) is 11.6 Å². The second-order valence-electron chi connectivity index (χ2n) is 7.17. The molecule has 0 amide bonds. The SMILES string of the molecule is COC(=O)c1ccc(S(=O)(=O)NCc2ccc3c(cnn3C3CCOCC3)c2)cc1. The number of carbonyl (C=O) groups is 1. The van der Waals surface area contributed by atoms with E-state index >= 15 is 0 Å². The van der Waals surface area contributed by atoms with Crippen LogP contribution in [0.25, 0.3) is 10.9 Å². The first-order valence-electron chi connectivity index (χ1n) is 9.70. The smallest absolute Gasteiger partial charge is 0.337 e. The van der Waals surface area contributed by atoms with E-state index in [1.54, 1.807) is 0 Å². The molecule has 2 aromatic carbocycles. The largest absolute Gasteiger partial charge is 0.465 e. The van der Waals surface area contributed by atoms with E-state index in [2.05, 4.69) is 14.6 Å². The van der Waals surface area contributed by atoms with Crippen molar-refractivity contribution >= 4 is 26.9 Å². The lowest BCUT2D eigenvalue weighted by molar-refractivity contribution is 0.0600. The molecule has 0 bridgehead atoms. The number of aromatic nitrogens is 2. The third-order valence-electron chi connectivity index (χ3n) is 5.25. The lowest BCUT2D eigenvalue weighted by atomic mass is 10.1. The van der Waals surface area contributed by atoms with Crippen molar-refractivity contribution in [2.24, 2.45) is 0 Å². The number of rotatable bonds is 6. The van der Waals surface area contributed by atoms with Gasteiger partial charge < -0.3 is 9.47 Å². The summed E-state index contributed by atoms with van der Waals surface area (Å²) >= 11 is 0. The Morgan fingerprint density at radius 3 is 2.63 bits per heavy atom. The number of hydrogen-bond acceptors (Lipinski definition) is 6. The Balaban J connectivity index is 1.47. The molecule has 0 atom stereocenters. The normalized spacial score (nSPS) is 15.4. The number of fused-ring (bicyclic) bond motifs is 1. The fourth-order valence-corrected chi connectivity index (χ4v) is 4.60. The van der Waals surface area contributed by atoms with Gasteiger partial charge in [-0.1, -0.05) is 6.07 Å². The van der Waals surface area contributed by atoms with Gasteiger partial charge in [-0.2, -0.15) is 5.10 Å². The Morgan fingerprint density at radius 2 is 1.93 bits per heavy atom. The zero-order valence-corrected chi connectivity index (χ0v) is 17.4. The summed E-state index contributed by atoms with van der Waals surface area (Å²) in [5, 5.41) is 5.50. The molecule has 0 unspecified atom stereocenters. The Kier molecular flexibility index (Phi) is 5.85. The van der Waals surface area contributed by atoms with Crippen molar-refractivity contribution in [1.29, 1.82) is 0 Å².